The first kappa shape index (κ1) is 32.9. The molecule has 0 aliphatic carbocycles. The predicted molar refractivity (Wildman–Crippen MR) is 161 cm³/mol. The van der Waals surface area contributed by atoms with Crippen molar-refractivity contribution in [2.75, 3.05) is 0 Å². The van der Waals surface area contributed by atoms with Crippen LogP contribution in [0.4, 0.5) is 4.79 Å². The Kier molecular flexibility index (Phi) is 11.4. The van der Waals surface area contributed by atoms with E-state index in [0.717, 1.165) is 22.3 Å². The van der Waals surface area contributed by atoms with Gasteiger partial charge >= 0.3 is 6.09 Å². The molecule has 0 heterocycles. The summed E-state index contributed by atoms with van der Waals surface area (Å²) in [5, 5.41) is 5.91. The summed E-state index contributed by atoms with van der Waals surface area (Å²) >= 11 is 0. The van der Waals surface area contributed by atoms with Crippen LogP contribution < -0.4 is 10.6 Å². The largest absolute Gasteiger partial charge is 0.444 e. The minimum Gasteiger partial charge on any atom is -0.444 e. The second-order valence-electron chi connectivity index (χ2n) is 12.6. The van der Waals surface area contributed by atoms with Gasteiger partial charge in [-0.25, -0.2) is 4.79 Å². The predicted octanol–water partition coefficient (Wildman–Crippen LogP) is 6.62. The molecule has 0 aromatic heterocycles. The number of hydrogen-bond donors (Lipinski definition) is 2. The van der Waals surface area contributed by atoms with E-state index < -0.39 is 29.3 Å². The van der Waals surface area contributed by atoms with E-state index in [1.54, 1.807) is 25.7 Å². The Morgan fingerprint density at radius 2 is 1.55 bits per heavy atom. The number of benzene rings is 2. The number of carbonyl (C=O) groups excluding carboxylic acids is 3. The second kappa shape index (κ2) is 13.8. The Balaban J connectivity index is 2.63. The van der Waals surface area contributed by atoms with Gasteiger partial charge in [-0.2, -0.15) is 0 Å². The zero-order valence-corrected chi connectivity index (χ0v) is 26.1. The van der Waals surface area contributed by atoms with Gasteiger partial charge in [-0.05, 0) is 89.5 Å². The number of hydrogen-bond acceptors (Lipinski definition) is 4. The smallest absolute Gasteiger partial charge is 0.408 e. The molecule has 0 saturated heterocycles. The summed E-state index contributed by atoms with van der Waals surface area (Å²) in [4.78, 5) is 43.2. The fourth-order valence-corrected chi connectivity index (χ4v) is 4.61. The maximum absolute atomic E-state index is 14.6. The van der Waals surface area contributed by atoms with Gasteiger partial charge in [0.2, 0.25) is 11.8 Å². The molecular weight excluding hydrogens is 502 g/mol. The molecular formula is C33H49N3O4. The highest BCUT2D eigenvalue weighted by atomic mass is 16.6. The third kappa shape index (κ3) is 9.10. The number of carbonyl (C=O) groups is 3. The molecule has 0 radical (unpaired) electrons. The van der Waals surface area contributed by atoms with Gasteiger partial charge < -0.3 is 20.3 Å². The minimum atomic E-state index is -0.902. The van der Waals surface area contributed by atoms with Crippen molar-refractivity contribution >= 4 is 17.9 Å². The maximum Gasteiger partial charge on any atom is 0.408 e. The Hall–Kier alpha value is -3.35. The fraction of sp³-hybridized carbons (Fsp3) is 0.545. The van der Waals surface area contributed by atoms with Crippen molar-refractivity contribution in [1.82, 2.24) is 15.5 Å². The van der Waals surface area contributed by atoms with E-state index in [-0.39, 0.29) is 17.7 Å². The van der Waals surface area contributed by atoms with Gasteiger partial charge in [0, 0.05) is 12.1 Å². The summed E-state index contributed by atoms with van der Waals surface area (Å²) in [5.74, 6) is -0.471. The molecule has 0 fully saturated rings. The van der Waals surface area contributed by atoms with Crippen LogP contribution in [0.5, 0.6) is 0 Å². The van der Waals surface area contributed by atoms with E-state index in [4.69, 9.17) is 4.74 Å². The molecule has 0 bridgehead atoms. The van der Waals surface area contributed by atoms with Crippen LogP contribution in [0.15, 0.2) is 48.5 Å². The second-order valence-corrected chi connectivity index (χ2v) is 12.6. The summed E-state index contributed by atoms with van der Waals surface area (Å²) in [5.41, 5.74) is 2.30. The van der Waals surface area contributed by atoms with Gasteiger partial charge in [0.25, 0.3) is 0 Å². The van der Waals surface area contributed by atoms with E-state index in [1.165, 1.54) is 0 Å². The number of nitrogens with zero attached hydrogens (tertiary/aromatic N) is 1. The zero-order chi connectivity index (χ0) is 30.3. The molecule has 2 aromatic carbocycles. The molecule has 220 valence electrons. The average Bonchev–Trinajstić information content (AvgIpc) is 2.86. The average molecular weight is 552 g/mol. The van der Waals surface area contributed by atoms with Crippen molar-refractivity contribution in [3.8, 4) is 0 Å². The summed E-state index contributed by atoms with van der Waals surface area (Å²) < 4.78 is 5.51. The van der Waals surface area contributed by atoms with Gasteiger partial charge in [0.05, 0.1) is 0 Å². The van der Waals surface area contributed by atoms with Crippen LogP contribution in [0.25, 0.3) is 0 Å². The Bertz CT molecular complexity index is 1150. The van der Waals surface area contributed by atoms with Gasteiger partial charge in [-0.15, -0.1) is 0 Å². The summed E-state index contributed by atoms with van der Waals surface area (Å²) in [7, 11) is 0. The lowest BCUT2D eigenvalue weighted by Gasteiger charge is -2.45. The molecule has 2 unspecified atom stereocenters. The van der Waals surface area contributed by atoms with E-state index in [9.17, 15) is 14.4 Å². The minimum absolute atomic E-state index is 0.113. The summed E-state index contributed by atoms with van der Waals surface area (Å²) in [6.45, 7) is 19.6. The van der Waals surface area contributed by atoms with Crippen LogP contribution >= 0.6 is 0 Å². The molecule has 3 amide bonds. The summed E-state index contributed by atoms with van der Waals surface area (Å²) in [6, 6.07) is 13.8. The van der Waals surface area contributed by atoms with Crippen molar-refractivity contribution in [1.29, 1.82) is 0 Å². The first-order valence-corrected chi connectivity index (χ1v) is 14.3. The molecule has 2 atom stereocenters. The molecule has 0 aliphatic heterocycles. The van der Waals surface area contributed by atoms with E-state index in [2.05, 4.69) is 10.6 Å². The van der Waals surface area contributed by atoms with E-state index in [1.807, 2.05) is 97.0 Å². The highest BCUT2D eigenvalue weighted by molar-refractivity contribution is 5.93. The molecule has 0 spiro atoms. The molecule has 40 heavy (non-hydrogen) atoms. The number of ether oxygens (including phenoxy) is 1. The van der Waals surface area contributed by atoms with Crippen molar-refractivity contribution in [2.24, 2.45) is 5.92 Å². The van der Waals surface area contributed by atoms with Crippen LogP contribution in [0.2, 0.25) is 0 Å². The lowest BCUT2D eigenvalue weighted by atomic mass is 9.88. The number of aryl methyl sites for hydroxylation is 1. The van der Waals surface area contributed by atoms with Gasteiger partial charge in [0.1, 0.15) is 17.7 Å². The van der Waals surface area contributed by atoms with Gasteiger partial charge in [0.15, 0.2) is 0 Å². The number of amides is 3. The highest BCUT2D eigenvalue weighted by Crippen LogP contribution is 2.35. The lowest BCUT2D eigenvalue weighted by Crippen LogP contribution is -2.59. The van der Waals surface area contributed by atoms with Crippen molar-refractivity contribution in [3.63, 3.8) is 0 Å². The SMILES string of the molecule is CCC(C)(C)N(C(=O)C(CC(C)C)NC(=O)OC(C)(C)C)C(C(=O)NCc1ccccc1)c1cccc(C)c1C. The topological polar surface area (TPSA) is 87.7 Å². The molecule has 7 heteroatoms. The fourth-order valence-electron chi connectivity index (χ4n) is 4.61. The third-order valence-electron chi connectivity index (χ3n) is 7.21. The van der Waals surface area contributed by atoms with Crippen molar-refractivity contribution in [2.45, 2.75) is 112 Å². The quantitative estimate of drug-likeness (QED) is 0.329. The number of rotatable bonds is 11. The van der Waals surface area contributed by atoms with Crippen molar-refractivity contribution < 1.29 is 19.1 Å². The van der Waals surface area contributed by atoms with Crippen LogP contribution in [0, 0.1) is 19.8 Å². The van der Waals surface area contributed by atoms with Crippen LogP contribution in [-0.2, 0) is 20.9 Å². The Labute approximate surface area is 241 Å². The van der Waals surface area contributed by atoms with Gasteiger partial charge in [-0.3, -0.25) is 9.59 Å². The molecule has 2 rings (SSSR count). The van der Waals surface area contributed by atoms with Crippen LogP contribution in [0.3, 0.4) is 0 Å². The Morgan fingerprint density at radius 3 is 2.10 bits per heavy atom. The maximum atomic E-state index is 14.6. The monoisotopic (exact) mass is 551 g/mol. The first-order chi connectivity index (χ1) is 18.6. The normalized spacial score (nSPS) is 13.4. The lowest BCUT2D eigenvalue weighted by molar-refractivity contribution is -0.149. The first-order valence-electron chi connectivity index (χ1n) is 14.3. The number of nitrogens with one attached hydrogen (secondary N) is 2. The standard InChI is InChI=1S/C33H49N3O4/c1-11-33(9,10)36(30(38)27(20-22(2)3)35-31(39)40-32(6,7)8)28(26-19-15-16-23(4)24(26)5)29(37)34-21-25-17-13-12-14-18-25/h12-19,22,27-28H,11,20-21H2,1-10H3,(H,34,37)(H,35,39). The van der Waals surface area contributed by atoms with Crippen LogP contribution in [-0.4, -0.2) is 40.0 Å². The van der Waals surface area contributed by atoms with E-state index >= 15 is 0 Å². The van der Waals surface area contributed by atoms with Crippen LogP contribution in [0.1, 0.15) is 96.5 Å². The summed E-state index contributed by atoms with van der Waals surface area (Å²) in [6.07, 6.45) is 0.351. The Morgan fingerprint density at radius 1 is 0.925 bits per heavy atom. The van der Waals surface area contributed by atoms with Gasteiger partial charge in [-0.1, -0.05) is 69.3 Å². The molecule has 2 aromatic rings. The van der Waals surface area contributed by atoms with E-state index in [0.29, 0.717) is 19.4 Å². The van der Waals surface area contributed by atoms with Crippen molar-refractivity contribution in [3.05, 3.63) is 70.8 Å². The highest BCUT2D eigenvalue weighted by Gasteiger charge is 2.43. The molecule has 2 N–H and O–H groups in total. The molecule has 7 nitrogen and oxygen atoms in total. The molecule has 0 saturated carbocycles. The third-order valence-corrected chi connectivity index (χ3v) is 7.21. The zero-order valence-electron chi connectivity index (χ0n) is 26.1. The number of alkyl carbamates (subject to hydrolysis) is 1. The molecule has 0 aliphatic rings.